The number of hydrogen-bond acceptors (Lipinski definition) is 3. The largest absolute Gasteiger partial charge is 0.383 e. The van der Waals surface area contributed by atoms with Crippen molar-refractivity contribution in [2.75, 3.05) is 20.3 Å². The Balaban J connectivity index is 2.51. The minimum Gasteiger partial charge on any atom is -0.383 e. The molecule has 0 unspecified atom stereocenters. The Bertz CT molecular complexity index is 392. The molecule has 1 aromatic rings. The molecule has 1 rings (SSSR count). The Hall–Kier alpha value is -1.46. The molecular formula is C13H19N3OS. The van der Waals surface area contributed by atoms with Crippen molar-refractivity contribution in [2.24, 2.45) is 5.10 Å². The molecule has 5 heteroatoms. The molecule has 0 saturated carbocycles. The van der Waals surface area contributed by atoms with Crippen LogP contribution in [0.1, 0.15) is 18.9 Å². The highest BCUT2D eigenvalue weighted by atomic mass is 32.1. The van der Waals surface area contributed by atoms with Crippen molar-refractivity contribution >= 4 is 23.0 Å². The van der Waals surface area contributed by atoms with Crippen molar-refractivity contribution in [3.63, 3.8) is 0 Å². The highest BCUT2D eigenvalue weighted by Crippen LogP contribution is 2.03. The molecule has 0 heterocycles. The third-order valence-corrected chi connectivity index (χ3v) is 2.56. The van der Waals surface area contributed by atoms with Gasteiger partial charge < -0.3 is 10.1 Å². The van der Waals surface area contributed by atoms with Crippen molar-refractivity contribution in [1.29, 1.82) is 0 Å². The third-order valence-electron chi connectivity index (χ3n) is 2.33. The molecule has 0 radical (unpaired) electrons. The van der Waals surface area contributed by atoms with E-state index in [-0.39, 0.29) is 0 Å². The molecular weight excluding hydrogens is 246 g/mol. The monoisotopic (exact) mass is 265 g/mol. The zero-order valence-electron chi connectivity index (χ0n) is 10.8. The lowest BCUT2D eigenvalue weighted by Crippen LogP contribution is -2.34. The van der Waals surface area contributed by atoms with Crippen LogP contribution in [-0.4, -0.2) is 31.1 Å². The lowest BCUT2D eigenvalue weighted by Gasteiger charge is -2.08. The molecule has 0 aliphatic carbocycles. The Morgan fingerprint density at radius 1 is 1.33 bits per heavy atom. The maximum atomic E-state index is 5.10. The van der Waals surface area contributed by atoms with E-state index in [2.05, 4.69) is 22.8 Å². The summed E-state index contributed by atoms with van der Waals surface area (Å²) in [5.74, 6) is 0. The molecule has 0 spiro atoms. The molecule has 18 heavy (non-hydrogen) atoms. The van der Waals surface area contributed by atoms with E-state index in [4.69, 9.17) is 17.0 Å². The molecule has 1 aromatic carbocycles. The van der Waals surface area contributed by atoms with E-state index in [0.717, 1.165) is 17.7 Å². The number of thiocarbonyl (C=S) groups is 1. The van der Waals surface area contributed by atoms with Crippen LogP contribution in [0.2, 0.25) is 0 Å². The molecule has 4 nitrogen and oxygen atoms in total. The van der Waals surface area contributed by atoms with E-state index in [0.29, 0.717) is 18.3 Å². The van der Waals surface area contributed by atoms with Crippen LogP contribution in [0.15, 0.2) is 35.4 Å². The maximum absolute atomic E-state index is 5.10. The lowest BCUT2D eigenvalue weighted by atomic mass is 10.1. The fourth-order valence-electron chi connectivity index (χ4n) is 1.40. The van der Waals surface area contributed by atoms with Crippen molar-refractivity contribution in [3.05, 3.63) is 35.9 Å². The van der Waals surface area contributed by atoms with E-state index in [9.17, 15) is 0 Å². The minimum atomic E-state index is 0.508. The van der Waals surface area contributed by atoms with Crippen LogP contribution in [-0.2, 0) is 4.74 Å². The summed E-state index contributed by atoms with van der Waals surface area (Å²) in [4.78, 5) is 0. The first-order chi connectivity index (χ1) is 8.77. The standard InChI is InChI=1S/C13H19N3OS/c1-3-12(11-7-5-4-6-8-11)15-16-13(18)14-9-10-17-2/h4-8H,3,9-10H2,1-2H3,(H2,14,16,18)/b15-12-. The van der Waals surface area contributed by atoms with Crippen LogP contribution in [0, 0.1) is 0 Å². The molecule has 0 atom stereocenters. The van der Waals surface area contributed by atoms with Crippen molar-refractivity contribution < 1.29 is 4.74 Å². The van der Waals surface area contributed by atoms with Crippen molar-refractivity contribution in [3.8, 4) is 0 Å². The Morgan fingerprint density at radius 3 is 2.67 bits per heavy atom. The summed E-state index contributed by atoms with van der Waals surface area (Å²) in [6, 6.07) is 10.0. The van der Waals surface area contributed by atoms with Gasteiger partial charge in [0.25, 0.3) is 0 Å². The van der Waals surface area contributed by atoms with Gasteiger partial charge in [0.05, 0.1) is 12.3 Å². The molecule has 0 fully saturated rings. The van der Waals surface area contributed by atoms with Gasteiger partial charge in [0, 0.05) is 13.7 Å². The summed E-state index contributed by atoms with van der Waals surface area (Å²) in [7, 11) is 1.65. The Morgan fingerprint density at radius 2 is 2.06 bits per heavy atom. The van der Waals surface area contributed by atoms with Gasteiger partial charge in [-0.3, -0.25) is 5.43 Å². The number of nitrogens with one attached hydrogen (secondary N) is 2. The quantitative estimate of drug-likeness (QED) is 0.357. The van der Waals surface area contributed by atoms with Crippen LogP contribution in [0.5, 0.6) is 0 Å². The fourth-order valence-corrected chi connectivity index (χ4v) is 1.55. The summed E-state index contributed by atoms with van der Waals surface area (Å²) in [5, 5.41) is 7.82. The Kier molecular flexibility index (Phi) is 6.98. The predicted molar refractivity (Wildman–Crippen MR) is 78.9 cm³/mol. The molecule has 98 valence electrons. The van der Waals surface area contributed by atoms with E-state index in [1.165, 1.54) is 0 Å². The second-order valence-electron chi connectivity index (χ2n) is 3.64. The molecule has 0 aromatic heterocycles. The number of hydrazone groups is 1. The topological polar surface area (TPSA) is 45.7 Å². The number of hydrogen-bond donors (Lipinski definition) is 2. The van der Waals surface area contributed by atoms with E-state index < -0.39 is 0 Å². The third kappa shape index (κ3) is 5.25. The second kappa shape index (κ2) is 8.60. The maximum Gasteiger partial charge on any atom is 0.187 e. The highest BCUT2D eigenvalue weighted by molar-refractivity contribution is 7.80. The van der Waals surface area contributed by atoms with Crippen LogP contribution in [0.25, 0.3) is 0 Å². The van der Waals surface area contributed by atoms with Crippen LogP contribution in [0.4, 0.5) is 0 Å². The average molecular weight is 265 g/mol. The number of rotatable bonds is 6. The van der Waals surface area contributed by atoms with Gasteiger partial charge in [0.15, 0.2) is 5.11 Å². The zero-order valence-corrected chi connectivity index (χ0v) is 11.6. The first kappa shape index (κ1) is 14.6. The number of ether oxygens (including phenoxy) is 1. The molecule has 0 bridgehead atoms. The van der Waals surface area contributed by atoms with Crippen molar-refractivity contribution in [1.82, 2.24) is 10.7 Å². The fraction of sp³-hybridized carbons (Fsp3) is 0.385. The summed E-state index contributed by atoms with van der Waals surface area (Å²) in [6.45, 7) is 3.35. The van der Waals surface area contributed by atoms with Crippen LogP contribution < -0.4 is 10.7 Å². The average Bonchev–Trinajstić information content (AvgIpc) is 2.41. The highest BCUT2D eigenvalue weighted by Gasteiger charge is 2.00. The van der Waals surface area contributed by atoms with Crippen LogP contribution in [0.3, 0.4) is 0 Å². The SMILES string of the molecule is CC/C(=N/NC(=S)NCCOC)c1ccccc1. The van der Waals surface area contributed by atoms with Gasteiger partial charge in [-0.1, -0.05) is 37.3 Å². The molecule has 2 N–H and O–H groups in total. The summed E-state index contributed by atoms with van der Waals surface area (Å²) in [6.07, 6.45) is 0.845. The zero-order chi connectivity index (χ0) is 13.2. The molecule has 0 amide bonds. The Labute approximate surface area is 113 Å². The summed E-state index contributed by atoms with van der Waals surface area (Å²) in [5.41, 5.74) is 4.93. The predicted octanol–water partition coefficient (Wildman–Crippen LogP) is 1.91. The second-order valence-corrected chi connectivity index (χ2v) is 4.05. The summed E-state index contributed by atoms with van der Waals surface area (Å²) < 4.78 is 4.92. The minimum absolute atomic E-state index is 0.508. The van der Waals surface area contributed by atoms with E-state index in [1.807, 2.05) is 30.3 Å². The van der Waals surface area contributed by atoms with Gasteiger partial charge in [-0.05, 0) is 24.2 Å². The van der Waals surface area contributed by atoms with E-state index >= 15 is 0 Å². The smallest absolute Gasteiger partial charge is 0.187 e. The van der Waals surface area contributed by atoms with Crippen molar-refractivity contribution in [2.45, 2.75) is 13.3 Å². The van der Waals surface area contributed by atoms with Gasteiger partial charge in [-0.25, -0.2) is 0 Å². The van der Waals surface area contributed by atoms with Gasteiger partial charge in [0.1, 0.15) is 0 Å². The summed E-state index contributed by atoms with van der Waals surface area (Å²) >= 11 is 5.10. The van der Waals surface area contributed by atoms with Crippen LogP contribution >= 0.6 is 12.2 Å². The van der Waals surface area contributed by atoms with Gasteiger partial charge >= 0.3 is 0 Å². The normalized spacial score (nSPS) is 11.1. The number of methoxy groups -OCH3 is 1. The van der Waals surface area contributed by atoms with E-state index in [1.54, 1.807) is 7.11 Å². The first-order valence-corrected chi connectivity index (χ1v) is 6.33. The number of benzene rings is 1. The molecule has 0 aliphatic rings. The van der Waals surface area contributed by atoms with Gasteiger partial charge in [0.2, 0.25) is 0 Å². The first-order valence-electron chi connectivity index (χ1n) is 5.92. The number of nitrogens with zero attached hydrogens (tertiary/aromatic N) is 1. The van der Waals surface area contributed by atoms with Gasteiger partial charge in [-0.15, -0.1) is 0 Å². The van der Waals surface area contributed by atoms with Gasteiger partial charge in [-0.2, -0.15) is 5.10 Å². The molecule has 0 saturated heterocycles. The lowest BCUT2D eigenvalue weighted by molar-refractivity contribution is 0.204. The molecule has 0 aliphatic heterocycles.